The van der Waals surface area contributed by atoms with Gasteiger partial charge in [-0.05, 0) is 91.7 Å². The summed E-state index contributed by atoms with van der Waals surface area (Å²) in [6.45, 7) is 6.92. The van der Waals surface area contributed by atoms with Crippen molar-refractivity contribution in [3.05, 3.63) is 52.2 Å². The van der Waals surface area contributed by atoms with Crippen molar-refractivity contribution in [1.29, 1.82) is 0 Å². The van der Waals surface area contributed by atoms with E-state index in [0.717, 1.165) is 37.4 Å². The number of ether oxygens (including phenoxy) is 1. The predicted octanol–water partition coefficient (Wildman–Crippen LogP) is 4.67. The first-order chi connectivity index (χ1) is 13.6. The maximum atomic E-state index is 13.4. The number of carbonyl (C=O) groups is 1. The van der Waals surface area contributed by atoms with Gasteiger partial charge in [-0.1, -0.05) is 12.1 Å². The van der Waals surface area contributed by atoms with Crippen LogP contribution in [0.1, 0.15) is 44.2 Å². The van der Waals surface area contributed by atoms with E-state index in [1.165, 1.54) is 18.4 Å². The topological polar surface area (TPSA) is 41.6 Å². The molecule has 2 aromatic rings. The van der Waals surface area contributed by atoms with E-state index >= 15 is 0 Å². The summed E-state index contributed by atoms with van der Waals surface area (Å²) in [5.41, 5.74) is 2.62. The Bertz CT molecular complexity index is 803. The minimum Gasteiger partial charge on any atom is -0.491 e. The van der Waals surface area contributed by atoms with Crippen LogP contribution in [-0.2, 0) is 17.8 Å². The summed E-state index contributed by atoms with van der Waals surface area (Å²) in [6, 6.07) is 10.5. The Morgan fingerprint density at radius 2 is 2.07 bits per heavy atom. The van der Waals surface area contributed by atoms with Crippen molar-refractivity contribution in [2.45, 2.75) is 58.2 Å². The molecule has 2 fully saturated rings. The zero-order valence-corrected chi connectivity index (χ0v) is 18.9. The highest BCUT2D eigenvalue weighted by Gasteiger charge is 2.57. The summed E-state index contributed by atoms with van der Waals surface area (Å²) in [7, 11) is 0. The summed E-state index contributed by atoms with van der Waals surface area (Å²) in [4.78, 5) is 15.5. The van der Waals surface area contributed by atoms with Gasteiger partial charge >= 0.3 is 0 Å². The number of halogens is 1. The Labute approximate surface area is 184 Å². The minimum absolute atomic E-state index is 0. The number of thiophene rings is 1. The lowest BCUT2D eigenvalue weighted by Gasteiger charge is -2.29. The highest BCUT2D eigenvalue weighted by Crippen LogP contribution is 2.56. The molecule has 1 amide bonds. The molecule has 1 saturated heterocycles. The number of hydrogen-bond acceptors (Lipinski definition) is 4. The fourth-order valence-corrected chi connectivity index (χ4v) is 5.12. The van der Waals surface area contributed by atoms with Crippen molar-refractivity contribution in [2.24, 2.45) is 5.41 Å². The second-order valence-electron chi connectivity index (χ2n) is 8.48. The van der Waals surface area contributed by atoms with Crippen LogP contribution >= 0.6 is 23.7 Å². The minimum atomic E-state index is 0. The van der Waals surface area contributed by atoms with Crippen LogP contribution in [0.4, 0.5) is 0 Å². The van der Waals surface area contributed by atoms with Gasteiger partial charge in [-0.25, -0.2) is 0 Å². The quantitative estimate of drug-likeness (QED) is 0.688. The van der Waals surface area contributed by atoms with E-state index in [4.69, 9.17) is 4.74 Å². The van der Waals surface area contributed by atoms with Crippen LogP contribution in [-0.4, -0.2) is 36.0 Å². The number of hydrogen-bond donors (Lipinski definition) is 1. The van der Waals surface area contributed by atoms with Crippen LogP contribution in [0.5, 0.6) is 5.75 Å². The molecule has 2 aliphatic rings. The van der Waals surface area contributed by atoms with Gasteiger partial charge in [0, 0.05) is 12.6 Å². The third-order valence-corrected chi connectivity index (χ3v) is 6.73. The van der Waals surface area contributed by atoms with Crippen LogP contribution < -0.4 is 10.1 Å². The molecule has 1 saturated carbocycles. The first-order valence-electron chi connectivity index (χ1n) is 10.3. The molecule has 1 aliphatic carbocycles. The largest absolute Gasteiger partial charge is 0.491 e. The van der Waals surface area contributed by atoms with Gasteiger partial charge in [0.05, 0.1) is 12.5 Å². The zero-order valence-electron chi connectivity index (χ0n) is 17.2. The van der Waals surface area contributed by atoms with E-state index in [1.807, 2.05) is 38.1 Å². The Balaban J connectivity index is 0.00000240. The molecule has 1 spiro atoms. The molecule has 6 heteroatoms. The van der Waals surface area contributed by atoms with E-state index in [1.54, 1.807) is 11.3 Å². The number of carbonyl (C=O) groups excluding carboxylic acids is 1. The van der Waals surface area contributed by atoms with Gasteiger partial charge in [0.1, 0.15) is 5.75 Å². The van der Waals surface area contributed by atoms with Gasteiger partial charge in [0.25, 0.3) is 0 Å². The Kier molecular flexibility index (Phi) is 7.25. The smallest absolute Gasteiger partial charge is 0.227 e. The normalized spacial score (nSPS) is 19.6. The number of piperidine rings is 1. The lowest BCUT2D eigenvalue weighted by atomic mass is 9.93. The third kappa shape index (κ3) is 5.33. The van der Waals surface area contributed by atoms with Crippen molar-refractivity contribution in [3.63, 3.8) is 0 Å². The van der Waals surface area contributed by atoms with E-state index in [0.29, 0.717) is 17.9 Å². The molecule has 1 aromatic carbocycles. The molecule has 1 unspecified atom stereocenters. The molecule has 158 valence electrons. The van der Waals surface area contributed by atoms with Gasteiger partial charge < -0.3 is 15.0 Å². The van der Waals surface area contributed by atoms with E-state index in [9.17, 15) is 4.79 Å². The number of rotatable bonds is 7. The SMILES string of the molecule is CC(C)Oc1cccc(CC(=O)N(Cc2ccsc2)C2CC23CCNCC3)c1.Cl. The number of nitrogens with one attached hydrogen (secondary N) is 1. The molecule has 1 atom stereocenters. The first-order valence-corrected chi connectivity index (χ1v) is 11.3. The van der Waals surface area contributed by atoms with Crippen molar-refractivity contribution < 1.29 is 9.53 Å². The second kappa shape index (κ2) is 9.50. The van der Waals surface area contributed by atoms with Crippen molar-refractivity contribution in [3.8, 4) is 5.75 Å². The average Bonchev–Trinajstić information content (AvgIpc) is 3.10. The maximum Gasteiger partial charge on any atom is 0.227 e. The molecular weight excluding hydrogens is 404 g/mol. The standard InChI is InChI=1S/C23H30N2O2S.ClH/c1-17(2)27-20-5-3-4-18(12-20)13-22(26)25(15-19-6-11-28-16-19)21-14-23(21)7-9-24-10-8-23;/h3-6,11-12,16-17,21,24H,7-10,13-15H2,1-2H3;1H. The fourth-order valence-electron chi connectivity index (χ4n) is 4.46. The number of nitrogens with zero attached hydrogens (tertiary/aromatic N) is 1. The Hall–Kier alpha value is -1.56. The van der Waals surface area contributed by atoms with Crippen LogP contribution in [0.2, 0.25) is 0 Å². The second-order valence-corrected chi connectivity index (χ2v) is 9.26. The number of benzene rings is 1. The van der Waals surface area contributed by atoms with Crippen LogP contribution in [0.15, 0.2) is 41.1 Å². The molecule has 0 bridgehead atoms. The molecule has 29 heavy (non-hydrogen) atoms. The fraction of sp³-hybridized carbons (Fsp3) is 0.522. The van der Waals surface area contributed by atoms with Gasteiger partial charge in [0.2, 0.25) is 5.91 Å². The summed E-state index contributed by atoms with van der Waals surface area (Å²) in [5.74, 6) is 1.07. The Morgan fingerprint density at radius 1 is 1.28 bits per heavy atom. The van der Waals surface area contributed by atoms with E-state index in [-0.39, 0.29) is 24.4 Å². The third-order valence-electron chi connectivity index (χ3n) is 6.00. The zero-order chi connectivity index (χ0) is 19.6. The predicted molar refractivity (Wildman–Crippen MR) is 121 cm³/mol. The van der Waals surface area contributed by atoms with Gasteiger partial charge in [0.15, 0.2) is 0 Å². The highest BCUT2D eigenvalue weighted by molar-refractivity contribution is 7.07. The Morgan fingerprint density at radius 3 is 2.76 bits per heavy atom. The van der Waals surface area contributed by atoms with Gasteiger partial charge in [-0.2, -0.15) is 11.3 Å². The van der Waals surface area contributed by atoms with Gasteiger partial charge in [-0.15, -0.1) is 12.4 Å². The molecule has 1 aliphatic heterocycles. The highest BCUT2D eigenvalue weighted by atomic mass is 35.5. The molecule has 1 aromatic heterocycles. The summed E-state index contributed by atoms with van der Waals surface area (Å²) < 4.78 is 5.80. The van der Waals surface area contributed by atoms with Crippen LogP contribution in [0.3, 0.4) is 0 Å². The van der Waals surface area contributed by atoms with Crippen molar-refractivity contribution >= 4 is 29.7 Å². The van der Waals surface area contributed by atoms with Crippen molar-refractivity contribution in [1.82, 2.24) is 10.2 Å². The molecule has 2 heterocycles. The van der Waals surface area contributed by atoms with E-state index < -0.39 is 0 Å². The van der Waals surface area contributed by atoms with E-state index in [2.05, 4.69) is 27.0 Å². The van der Waals surface area contributed by atoms with Crippen LogP contribution in [0.25, 0.3) is 0 Å². The van der Waals surface area contributed by atoms with Crippen molar-refractivity contribution in [2.75, 3.05) is 13.1 Å². The molecule has 1 N–H and O–H groups in total. The average molecular weight is 435 g/mol. The summed E-state index contributed by atoms with van der Waals surface area (Å²) >= 11 is 1.70. The molecule has 0 radical (unpaired) electrons. The number of amides is 1. The molecular formula is C23H31ClN2O2S. The first kappa shape index (κ1) is 22.1. The van der Waals surface area contributed by atoms with Crippen LogP contribution in [0, 0.1) is 5.41 Å². The lowest BCUT2D eigenvalue weighted by molar-refractivity contribution is -0.132. The monoisotopic (exact) mass is 434 g/mol. The summed E-state index contributed by atoms with van der Waals surface area (Å²) in [5, 5.41) is 7.72. The lowest BCUT2D eigenvalue weighted by Crippen LogP contribution is -2.39. The maximum absolute atomic E-state index is 13.4. The molecule has 4 nitrogen and oxygen atoms in total. The van der Waals surface area contributed by atoms with Gasteiger partial charge in [-0.3, -0.25) is 4.79 Å². The molecule has 4 rings (SSSR count). The summed E-state index contributed by atoms with van der Waals surface area (Å²) in [6.07, 6.45) is 4.09.